The van der Waals surface area contributed by atoms with Crippen molar-refractivity contribution >= 4 is 17.7 Å². The number of amides is 1. The Morgan fingerprint density at radius 1 is 1.50 bits per heavy atom. The van der Waals surface area contributed by atoms with E-state index < -0.39 is 23.1 Å². The Balaban J connectivity index is 2.39. The molecule has 0 atom stereocenters. The van der Waals surface area contributed by atoms with Gasteiger partial charge in [-0.05, 0) is 19.1 Å². The highest BCUT2D eigenvalue weighted by Crippen LogP contribution is 2.49. The van der Waals surface area contributed by atoms with Crippen LogP contribution in [0.25, 0.3) is 0 Å². The van der Waals surface area contributed by atoms with Gasteiger partial charge in [0.25, 0.3) is 0 Å². The smallest absolute Gasteiger partial charge is 0.405 e. The molecule has 1 saturated carbocycles. The molecule has 0 aliphatic heterocycles. The first-order chi connectivity index (χ1) is 8.24. The molecule has 1 amide bonds. The van der Waals surface area contributed by atoms with Crippen LogP contribution in [0.4, 0.5) is 9.18 Å². The summed E-state index contributed by atoms with van der Waals surface area (Å²) in [6.07, 6.45) is -0.991. The summed E-state index contributed by atoms with van der Waals surface area (Å²) in [6, 6.07) is 4.08. The van der Waals surface area contributed by atoms with Gasteiger partial charge in [0, 0.05) is 23.4 Å². The highest BCUT2D eigenvalue weighted by Gasteiger charge is 2.54. The number of benzene rings is 1. The van der Waals surface area contributed by atoms with Gasteiger partial charge in [-0.2, -0.15) is 0 Å². The summed E-state index contributed by atoms with van der Waals surface area (Å²) in [5.74, 6) is -0.577. The molecule has 0 bridgehead atoms. The lowest BCUT2D eigenvalue weighted by Crippen LogP contribution is -2.62. The first kappa shape index (κ1) is 13.1. The highest BCUT2D eigenvalue weighted by atomic mass is 35.5. The van der Waals surface area contributed by atoms with Crippen LogP contribution in [0.3, 0.4) is 0 Å². The Bertz CT molecular complexity index is 496. The predicted octanol–water partition coefficient (Wildman–Crippen LogP) is 2.49. The Kier molecular flexibility index (Phi) is 2.99. The van der Waals surface area contributed by atoms with Crippen molar-refractivity contribution in [1.82, 2.24) is 5.32 Å². The molecule has 6 heteroatoms. The zero-order valence-corrected chi connectivity index (χ0v) is 10.5. The van der Waals surface area contributed by atoms with Crippen molar-refractivity contribution in [2.75, 3.05) is 0 Å². The van der Waals surface area contributed by atoms with Crippen LogP contribution in [-0.2, 0) is 5.54 Å². The molecule has 98 valence electrons. The summed E-state index contributed by atoms with van der Waals surface area (Å²) < 4.78 is 13.9. The van der Waals surface area contributed by atoms with E-state index in [1.165, 1.54) is 12.1 Å². The van der Waals surface area contributed by atoms with Crippen LogP contribution >= 0.6 is 11.6 Å². The third-order valence-corrected chi connectivity index (χ3v) is 3.39. The van der Waals surface area contributed by atoms with Gasteiger partial charge in [0.1, 0.15) is 5.82 Å². The van der Waals surface area contributed by atoms with Gasteiger partial charge in [0.05, 0.1) is 11.1 Å². The maximum absolute atomic E-state index is 13.9. The van der Waals surface area contributed by atoms with Crippen molar-refractivity contribution in [1.29, 1.82) is 0 Å². The molecule has 4 nitrogen and oxygen atoms in total. The second kappa shape index (κ2) is 4.10. The van der Waals surface area contributed by atoms with E-state index >= 15 is 0 Å². The van der Waals surface area contributed by atoms with Gasteiger partial charge in [-0.15, -0.1) is 0 Å². The van der Waals surface area contributed by atoms with Crippen molar-refractivity contribution in [3.63, 3.8) is 0 Å². The SMILES string of the molecule is CC1(O)CC(NC(=O)O)(c2ccc(Cl)cc2F)C1. The zero-order chi connectivity index (χ0) is 13.6. The minimum atomic E-state index is -1.25. The summed E-state index contributed by atoms with van der Waals surface area (Å²) in [7, 11) is 0. The normalized spacial score (nSPS) is 30.7. The summed E-state index contributed by atoms with van der Waals surface area (Å²) in [5, 5.41) is 21.2. The van der Waals surface area contributed by atoms with Crippen LogP contribution in [0.5, 0.6) is 0 Å². The number of aliphatic hydroxyl groups is 1. The molecule has 0 unspecified atom stereocenters. The lowest BCUT2D eigenvalue weighted by atomic mass is 9.62. The molecule has 1 aromatic carbocycles. The van der Waals surface area contributed by atoms with Crippen molar-refractivity contribution in [3.8, 4) is 0 Å². The van der Waals surface area contributed by atoms with E-state index in [-0.39, 0.29) is 23.4 Å². The summed E-state index contributed by atoms with van der Waals surface area (Å²) in [6.45, 7) is 1.59. The maximum atomic E-state index is 13.9. The molecular weight excluding hydrogens is 261 g/mol. The molecule has 3 N–H and O–H groups in total. The van der Waals surface area contributed by atoms with E-state index in [9.17, 15) is 14.3 Å². The monoisotopic (exact) mass is 273 g/mol. The maximum Gasteiger partial charge on any atom is 0.405 e. The Hall–Kier alpha value is -1.33. The van der Waals surface area contributed by atoms with Crippen LogP contribution in [-0.4, -0.2) is 21.9 Å². The topological polar surface area (TPSA) is 69.6 Å². The number of nitrogens with one attached hydrogen (secondary N) is 1. The van der Waals surface area contributed by atoms with Gasteiger partial charge in [0.15, 0.2) is 0 Å². The highest BCUT2D eigenvalue weighted by molar-refractivity contribution is 6.30. The molecule has 1 fully saturated rings. The fourth-order valence-electron chi connectivity index (χ4n) is 2.68. The minimum absolute atomic E-state index is 0.130. The summed E-state index contributed by atoms with van der Waals surface area (Å²) >= 11 is 5.66. The molecular formula is C12H13ClFNO3. The number of halogens is 2. The Morgan fingerprint density at radius 2 is 2.11 bits per heavy atom. The largest absolute Gasteiger partial charge is 0.465 e. The lowest BCUT2D eigenvalue weighted by Gasteiger charge is -2.51. The number of hydrogen-bond donors (Lipinski definition) is 3. The van der Waals surface area contributed by atoms with Crippen LogP contribution in [0.15, 0.2) is 18.2 Å². The Labute approximate surface area is 108 Å². The standard InChI is InChI=1S/C12H13ClFNO3/c1-11(18)5-12(6-11,15-10(16)17)8-3-2-7(13)4-9(8)14/h2-4,15,18H,5-6H2,1H3,(H,16,17). The average molecular weight is 274 g/mol. The third-order valence-electron chi connectivity index (χ3n) is 3.16. The number of rotatable bonds is 2. The van der Waals surface area contributed by atoms with E-state index in [2.05, 4.69) is 5.32 Å². The molecule has 0 heterocycles. The van der Waals surface area contributed by atoms with Gasteiger partial charge in [-0.25, -0.2) is 9.18 Å². The van der Waals surface area contributed by atoms with Crippen LogP contribution in [0.1, 0.15) is 25.3 Å². The number of carboxylic acid groups (broad SMARTS) is 1. The molecule has 0 aromatic heterocycles. The second-order valence-corrected chi connectivity index (χ2v) is 5.42. The quantitative estimate of drug-likeness (QED) is 0.775. The average Bonchev–Trinajstić information content (AvgIpc) is 2.12. The molecule has 0 saturated heterocycles. The first-order valence-electron chi connectivity index (χ1n) is 5.43. The fraction of sp³-hybridized carbons (Fsp3) is 0.417. The first-order valence-corrected chi connectivity index (χ1v) is 5.81. The zero-order valence-electron chi connectivity index (χ0n) is 9.70. The van der Waals surface area contributed by atoms with Crippen molar-refractivity contribution in [2.24, 2.45) is 0 Å². The molecule has 1 aliphatic rings. The fourth-order valence-corrected chi connectivity index (χ4v) is 2.84. The molecule has 0 radical (unpaired) electrons. The molecule has 0 spiro atoms. The van der Waals surface area contributed by atoms with Gasteiger partial charge < -0.3 is 15.5 Å². The summed E-state index contributed by atoms with van der Waals surface area (Å²) in [5.41, 5.74) is -1.86. The van der Waals surface area contributed by atoms with E-state index in [0.717, 1.165) is 6.07 Å². The third kappa shape index (κ3) is 2.28. The van der Waals surface area contributed by atoms with Gasteiger partial charge in [-0.1, -0.05) is 17.7 Å². The van der Waals surface area contributed by atoms with E-state index in [1.54, 1.807) is 6.92 Å². The predicted molar refractivity (Wildman–Crippen MR) is 64.1 cm³/mol. The van der Waals surface area contributed by atoms with Gasteiger partial charge >= 0.3 is 6.09 Å². The number of hydrogen-bond acceptors (Lipinski definition) is 2. The van der Waals surface area contributed by atoms with E-state index in [4.69, 9.17) is 16.7 Å². The number of carbonyl (C=O) groups is 1. The molecule has 1 aromatic rings. The molecule has 18 heavy (non-hydrogen) atoms. The van der Waals surface area contributed by atoms with Crippen LogP contribution in [0.2, 0.25) is 5.02 Å². The van der Waals surface area contributed by atoms with Crippen molar-refractivity contribution < 1.29 is 19.4 Å². The van der Waals surface area contributed by atoms with E-state index in [0.29, 0.717) is 0 Å². The second-order valence-electron chi connectivity index (χ2n) is 4.99. The summed E-state index contributed by atoms with van der Waals surface area (Å²) in [4.78, 5) is 10.8. The molecule has 1 aliphatic carbocycles. The Morgan fingerprint density at radius 3 is 2.56 bits per heavy atom. The van der Waals surface area contributed by atoms with E-state index in [1.807, 2.05) is 0 Å². The lowest BCUT2D eigenvalue weighted by molar-refractivity contribution is -0.0869. The van der Waals surface area contributed by atoms with Crippen molar-refractivity contribution in [3.05, 3.63) is 34.6 Å². The van der Waals surface area contributed by atoms with Crippen LogP contribution in [0, 0.1) is 5.82 Å². The van der Waals surface area contributed by atoms with Gasteiger partial charge in [0.2, 0.25) is 0 Å². The molecule has 2 rings (SSSR count). The van der Waals surface area contributed by atoms with Gasteiger partial charge in [-0.3, -0.25) is 0 Å². The minimum Gasteiger partial charge on any atom is -0.465 e. The van der Waals surface area contributed by atoms with Crippen molar-refractivity contribution in [2.45, 2.75) is 30.9 Å². The van der Waals surface area contributed by atoms with Crippen LogP contribution < -0.4 is 5.32 Å².